The first-order valence-corrected chi connectivity index (χ1v) is 11.1. The van der Waals surface area contributed by atoms with Crippen LogP contribution in [0.15, 0.2) is 18.5 Å². The number of hydrogen-bond donors (Lipinski definition) is 1. The van der Waals surface area contributed by atoms with Crippen molar-refractivity contribution >= 4 is 19.1 Å². The Balaban J connectivity index is 2.08. The lowest BCUT2D eigenvalue weighted by molar-refractivity contribution is 0.0898. The van der Waals surface area contributed by atoms with E-state index in [1.54, 1.807) is 17.0 Å². The van der Waals surface area contributed by atoms with Crippen molar-refractivity contribution in [1.82, 2.24) is 9.55 Å². The average Bonchev–Trinajstić information content (AvgIpc) is 2.84. The molecule has 0 atom stereocenters. The van der Waals surface area contributed by atoms with Gasteiger partial charge >= 0.3 is 0 Å². The molecular weight excluding hydrogens is 303 g/mol. The minimum Gasteiger partial charge on any atom is -0.491 e. The number of rotatable bonds is 8. The molecule has 0 unspecified atom stereocenters. The number of benzene rings is 1. The van der Waals surface area contributed by atoms with Gasteiger partial charge < -0.3 is 19.1 Å². The summed E-state index contributed by atoms with van der Waals surface area (Å²) in [5.41, 5.74) is 0.922. The van der Waals surface area contributed by atoms with E-state index in [1.807, 2.05) is 0 Å². The van der Waals surface area contributed by atoms with Crippen LogP contribution in [0.5, 0.6) is 5.75 Å². The maximum Gasteiger partial charge on any atom is 0.154 e. The highest BCUT2D eigenvalue weighted by molar-refractivity contribution is 6.76. The van der Waals surface area contributed by atoms with Crippen molar-refractivity contribution in [3.63, 3.8) is 0 Å². The number of ether oxygens (including phenoxy) is 2. The molecule has 0 aliphatic heterocycles. The summed E-state index contributed by atoms with van der Waals surface area (Å²) in [6.45, 7) is 7.93. The van der Waals surface area contributed by atoms with Gasteiger partial charge in [0.05, 0.1) is 18.5 Å². The lowest BCUT2D eigenvalue weighted by Gasteiger charge is -2.15. The zero-order valence-corrected chi connectivity index (χ0v) is 14.3. The Kier molecular flexibility index (Phi) is 5.55. The van der Waals surface area contributed by atoms with Crippen molar-refractivity contribution in [2.45, 2.75) is 32.4 Å². The number of nitrogens with zero attached hydrogens (tertiary/aromatic N) is 2. The lowest BCUT2D eigenvalue weighted by Crippen LogP contribution is -2.21. The van der Waals surface area contributed by atoms with Crippen LogP contribution in [0.1, 0.15) is 0 Å². The quantitative estimate of drug-likeness (QED) is 0.599. The molecular formula is C15H23FN2O3Si. The predicted molar refractivity (Wildman–Crippen MR) is 86.4 cm³/mol. The van der Waals surface area contributed by atoms with Gasteiger partial charge in [-0.2, -0.15) is 0 Å². The zero-order valence-electron chi connectivity index (χ0n) is 13.3. The van der Waals surface area contributed by atoms with Gasteiger partial charge in [0.15, 0.2) is 5.82 Å². The standard InChI is InChI=1S/C15H23FN2O3Si/c1-22(2,3)7-6-20-11-18-10-17-15-13(16)8-12(9-14(15)18)21-5-4-19/h8-10,19H,4-7,11H2,1-3H3. The summed E-state index contributed by atoms with van der Waals surface area (Å²) in [5.74, 6) is -0.0609. The molecule has 2 aromatic rings. The van der Waals surface area contributed by atoms with Crippen molar-refractivity contribution < 1.29 is 19.0 Å². The average molecular weight is 326 g/mol. The maximum absolute atomic E-state index is 14.0. The van der Waals surface area contributed by atoms with Crippen LogP contribution in [0.25, 0.3) is 11.0 Å². The Morgan fingerprint density at radius 1 is 1.27 bits per heavy atom. The monoisotopic (exact) mass is 326 g/mol. The highest BCUT2D eigenvalue weighted by atomic mass is 28.3. The summed E-state index contributed by atoms with van der Waals surface area (Å²) in [5, 5.41) is 8.78. The van der Waals surface area contributed by atoms with E-state index >= 15 is 0 Å². The molecule has 1 aromatic carbocycles. The second-order valence-corrected chi connectivity index (χ2v) is 12.0. The van der Waals surface area contributed by atoms with Crippen molar-refractivity contribution in [3.8, 4) is 5.75 Å². The zero-order chi connectivity index (χ0) is 16.2. The number of fused-ring (bicyclic) bond motifs is 1. The third kappa shape index (κ3) is 4.52. The molecule has 5 nitrogen and oxygen atoms in total. The van der Waals surface area contributed by atoms with Gasteiger partial charge in [0, 0.05) is 26.8 Å². The Morgan fingerprint density at radius 2 is 2.05 bits per heavy atom. The van der Waals surface area contributed by atoms with Crippen LogP contribution in [0.3, 0.4) is 0 Å². The summed E-state index contributed by atoms with van der Waals surface area (Å²) < 4.78 is 26.7. The van der Waals surface area contributed by atoms with Gasteiger partial charge in [0.2, 0.25) is 0 Å². The van der Waals surface area contributed by atoms with Crippen LogP contribution in [0.2, 0.25) is 25.7 Å². The minimum atomic E-state index is -1.12. The molecule has 0 saturated heterocycles. The van der Waals surface area contributed by atoms with Crippen molar-refractivity contribution in [2.75, 3.05) is 19.8 Å². The molecule has 1 aromatic heterocycles. The number of halogens is 1. The van der Waals surface area contributed by atoms with E-state index in [2.05, 4.69) is 24.6 Å². The molecule has 0 saturated carbocycles. The molecule has 122 valence electrons. The number of aliphatic hydroxyl groups is 1. The van der Waals surface area contributed by atoms with Crippen molar-refractivity contribution in [1.29, 1.82) is 0 Å². The number of imidazole rings is 1. The van der Waals surface area contributed by atoms with E-state index in [1.165, 1.54) is 6.07 Å². The SMILES string of the molecule is C[Si](C)(C)CCOCn1cnc2c(F)cc(OCCO)cc21. The second-order valence-electron chi connectivity index (χ2n) is 6.41. The minimum absolute atomic E-state index is 0.112. The highest BCUT2D eigenvalue weighted by Crippen LogP contribution is 2.23. The van der Waals surface area contributed by atoms with E-state index in [0.717, 1.165) is 6.04 Å². The van der Waals surface area contributed by atoms with Gasteiger partial charge in [0.1, 0.15) is 24.6 Å². The van der Waals surface area contributed by atoms with Crippen LogP contribution in [0.4, 0.5) is 4.39 Å². The van der Waals surface area contributed by atoms with Gasteiger partial charge in [-0.05, 0) is 6.04 Å². The van der Waals surface area contributed by atoms with E-state index in [0.29, 0.717) is 30.1 Å². The fourth-order valence-corrected chi connectivity index (χ4v) is 2.74. The smallest absolute Gasteiger partial charge is 0.154 e. The molecule has 0 spiro atoms. The van der Waals surface area contributed by atoms with Crippen molar-refractivity contribution in [3.05, 3.63) is 24.3 Å². The fraction of sp³-hybridized carbons (Fsp3) is 0.533. The van der Waals surface area contributed by atoms with Gasteiger partial charge in [-0.15, -0.1) is 0 Å². The third-order valence-electron chi connectivity index (χ3n) is 3.24. The summed E-state index contributed by atoms with van der Waals surface area (Å²) in [6, 6.07) is 4.07. The maximum atomic E-state index is 14.0. The lowest BCUT2D eigenvalue weighted by atomic mass is 10.3. The number of aromatic nitrogens is 2. The van der Waals surface area contributed by atoms with Crippen LogP contribution >= 0.6 is 0 Å². The number of aliphatic hydroxyl groups excluding tert-OH is 1. The van der Waals surface area contributed by atoms with Gasteiger partial charge in [-0.1, -0.05) is 19.6 Å². The third-order valence-corrected chi connectivity index (χ3v) is 4.94. The van der Waals surface area contributed by atoms with E-state index < -0.39 is 13.9 Å². The van der Waals surface area contributed by atoms with Crippen molar-refractivity contribution in [2.24, 2.45) is 0 Å². The van der Waals surface area contributed by atoms with Crippen LogP contribution in [-0.2, 0) is 11.5 Å². The van der Waals surface area contributed by atoms with Gasteiger partial charge in [0.25, 0.3) is 0 Å². The molecule has 0 aliphatic rings. The van der Waals surface area contributed by atoms with Gasteiger partial charge in [-0.25, -0.2) is 9.37 Å². The topological polar surface area (TPSA) is 56.5 Å². The van der Waals surface area contributed by atoms with E-state index in [-0.39, 0.29) is 13.2 Å². The molecule has 0 amide bonds. The molecule has 0 radical (unpaired) electrons. The molecule has 7 heteroatoms. The largest absolute Gasteiger partial charge is 0.491 e. The molecule has 1 N–H and O–H groups in total. The first kappa shape index (κ1) is 16.9. The molecule has 0 fully saturated rings. The Labute approximate surface area is 130 Å². The fourth-order valence-electron chi connectivity index (χ4n) is 1.99. The Bertz CT molecular complexity index is 625. The molecule has 0 bridgehead atoms. The summed E-state index contributed by atoms with van der Waals surface area (Å²) in [4.78, 5) is 4.08. The normalized spacial score (nSPS) is 12.0. The first-order chi connectivity index (χ1) is 10.4. The molecule has 2 rings (SSSR count). The highest BCUT2D eigenvalue weighted by Gasteiger charge is 2.13. The Hall–Kier alpha value is -1.44. The van der Waals surface area contributed by atoms with Crippen LogP contribution < -0.4 is 4.74 Å². The van der Waals surface area contributed by atoms with E-state index in [9.17, 15) is 4.39 Å². The molecule has 22 heavy (non-hydrogen) atoms. The molecule has 0 aliphatic carbocycles. The summed E-state index contributed by atoms with van der Waals surface area (Å²) >= 11 is 0. The second kappa shape index (κ2) is 7.21. The summed E-state index contributed by atoms with van der Waals surface area (Å²) in [6.07, 6.45) is 1.57. The first-order valence-electron chi connectivity index (χ1n) is 7.36. The predicted octanol–water partition coefficient (Wildman–Crippen LogP) is 2.86. The van der Waals surface area contributed by atoms with E-state index in [4.69, 9.17) is 14.6 Å². The van der Waals surface area contributed by atoms with Gasteiger partial charge in [-0.3, -0.25) is 0 Å². The summed E-state index contributed by atoms with van der Waals surface area (Å²) in [7, 11) is -1.12. The van der Waals surface area contributed by atoms with Crippen LogP contribution in [-0.4, -0.2) is 42.6 Å². The Morgan fingerprint density at radius 3 is 2.73 bits per heavy atom. The number of hydrogen-bond acceptors (Lipinski definition) is 4. The molecule has 1 heterocycles. The van der Waals surface area contributed by atoms with Crippen LogP contribution in [0, 0.1) is 5.82 Å².